The molecule has 260 valence electrons. The SMILES string of the molecule is COC(=O)C1=C(C)NC(C)=C(C(=O)O)C1c1cccc([N+](=O)[O-])c1.COC(=O)C1=C(C)NC(C)=C(C(=O)O)[C@H]1c1cccc([N+](=O)[O-])c1.Cl. The molecule has 0 spiro atoms. The molecular formula is C32H33ClN4O12. The first kappa shape index (κ1) is 39.1. The molecule has 16 nitrogen and oxygen atoms in total. The number of hydrogen-bond donors (Lipinski definition) is 4. The highest BCUT2D eigenvalue weighted by atomic mass is 35.5. The molecule has 1 unspecified atom stereocenters. The summed E-state index contributed by atoms with van der Waals surface area (Å²) in [6, 6.07) is 11.1. The van der Waals surface area contributed by atoms with E-state index in [0.717, 1.165) is 0 Å². The number of ether oxygens (including phenoxy) is 2. The van der Waals surface area contributed by atoms with Crippen molar-refractivity contribution in [2.45, 2.75) is 39.5 Å². The molecule has 0 saturated carbocycles. The van der Waals surface area contributed by atoms with Gasteiger partial charge in [-0.05, 0) is 38.8 Å². The van der Waals surface area contributed by atoms with Gasteiger partial charge in [-0.1, -0.05) is 24.3 Å². The van der Waals surface area contributed by atoms with E-state index in [1.807, 2.05) is 0 Å². The average Bonchev–Trinajstić information content (AvgIpc) is 3.03. The quantitative estimate of drug-likeness (QED) is 0.167. The number of carboxylic acids is 2. The number of rotatable bonds is 8. The van der Waals surface area contributed by atoms with Gasteiger partial charge in [0.2, 0.25) is 0 Å². The largest absolute Gasteiger partial charge is 0.478 e. The van der Waals surface area contributed by atoms with Gasteiger partial charge in [-0.25, -0.2) is 19.2 Å². The van der Waals surface area contributed by atoms with E-state index in [0.29, 0.717) is 33.9 Å². The highest BCUT2D eigenvalue weighted by Gasteiger charge is 2.39. The summed E-state index contributed by atoms with van der Waals surface area (Å²) in [6.45, 7) is 6.40. The lowest BCUT2D eigenvalue weighted by Crippen LogP contribution is -2.31. The van der Waals surface area contributed by atoms with Crippen molar-refractivity contribution in [1.29, 1.82) is 0 Å². The number of carbonyl (C=O) groups is 4. The molecule has 0 bridgehead atoms. The van der Waals surface area contributed by atoms with Crippen molar-refractivity contribution in [1.82, 2.24) is 10.6 Å². The molecule has 2 heterocycles. The topological polar surface area (TPSA) is 238 Å². The minimum atomic E-state index is -1.22. The number of benzene rings is 2. The van der Waals surface area contributed by atoms with Gasteiger partial charge >= 0.3 is 23.9 Å². The lowest BCUT2D eigenvalue weighted by molar-refractivity contribution is -0.385. The summed E-state index contributed by atoms with van der Waals surface area (Å²) < 4.78 is 9.53. The van der Waals surface area contributed by atoms with Crippen molar-refractivity contribution < 1.29 is 48.7 Å². The van der Waals surface area contributed by atoms with E-state index in [1.165, 1.54) is 50.6 Å². The van der Waals surface area contributed by atoms with Crippen LogP contribution in [-0.2, 0) is 28.7 Å². The van der Waals surface area contributed by atoms with E-state index in [4.69, 9.17) is 9.47 Å². The average molecular weight is 701 g/mol. The minimum Gasteiger partial charge on any atom is -0.478 e. The van der Waals surface area contributed by atoms with Crippen LogP contribution in [0.25, 0.3) is 0 Å². The summed E-state index contributed by atoms with van der Waals surface area (Å²) in [6.07, 6.45) is 0. The smallest absolute Gasteiger partial charge is 0.336 e. The zero-order valence-electron chi connectivity index (χ0n) is 27.1. The molecule has 0 amide bonds. The first-order chi connectivity index (χ1) is 22.5. The molecule has 2 aliphatic rings. The van der Waals surface area contributed by atoms with E-state index < -0.39 is 45.6 Å². The second-order valence-corrected chi connectivity index (χ2v) is 10.6. The van der Waals surface area contributed by atoms with Gasteiger partial charge in [0.1, 0.15) is 0 Å². The van der Waals surface area contributed by atoms with Crippen LogP contribution in [0.1, 0.15) is 50.7 Å². The van der Waals surface area contributed by atoms with Crippen LogP contribution in [0.4, 0.5) is 11.4 Å². The number of allylic oxidation sites excluding steroid dienone is 4. The molecule has 0 radical (unpaired) electrons. The van der Waals surface area contributed by atoms with Crippen LogP contribution >= 0.6 is 12.4 Å². The number of hydrogen-bond acceptors (Lipinski definition) is 12. The number of nitro groups is 2. The predicted octanol–water partition coefficient (Wildman–Crippen LogP) is 4.60. The zero-order chi connectivity index (χ0) is 36.0. The molecular weight excluding hydrogens is 668 g/mol. The van der Waals surface area contributed by atoms with Gasteiger partial charge in [0.15, 0.2) is 0 Å². The summed E-state index contributed by atoms with van der Waals surface area (Å²) in [4.78, 5) is 68.7. The maximum absolute atomic E-state index is 12.2. The van der Waals surface area contributed by atoms with Crippen LogP contribution in [0.15, 0.2) is 93.6 Å². The number of nitrogens with zero attached hydrogens (tertiary/aromatic N) is 2. The molecule has 2 aliphatic heterocycles. The first-order valence-electron chi connectivity index (χ1n) is 14.0. The number of nitro benzene ring substituents is 2. The van der Waals surface area contributed by atoms with E-state index in [1.54, 1.807) is 39.8 Å². The Morgan fingerprint density at radius 1 is 0.633 bits per heavy atom. The highest BCUT2D eigenvalue weighted by Crippen LogP contribution is 2.41. The molecule has 2 atom stereocenters. The van der Waals surface area contributed by atoms with Gasteiger partial charge in [-0.3, -0.25) is 20.2 Å². The molecule has 4 rings (SSSR count). The second-order valence-electron chi connectivity index (χ2n) is 10.6. The molecule has 0 aliphatic carbocycles. The van der Waals surface area contributed by atoms with Crippen molar-refractivity contribution in [3.63, 3.8) is 0 Å². The zero-order valence-corrected chi connectivity index (χ0v) is 27.9. The third kappa shape index (κ3) is 8.28. The Balaban J connectivity index is 0.000000333. The standard InChI is InChI=1S/2C16H16N2O6.ClH/c2*1-8-12(15(19)20)14(13(9(2)17-8)16(21)24-3)10-5-4-6-11(7-10)18(22)23;/h2*4-7,14,17H,1-3H3,(H,19,20);1H/t14-;;/m1../s1. The Morgan fingerprint density at radius 2 is 0.939 bits per heavy atom. The molecule has 17 heteroatoms. The fourth-order valence-corrected chi connectivity index (χ4v) is 5.62. The Morgan fingerprint density at radius 3 is 1.20 bits per heavy atom. The fraction of sp³-hybridized carbons (Fsp3) is 0.250. The monoisotopic (exact) mass is 700 g/mol. The Kier molecular flexibility index (Phi) is 12.9. The highest BCUT2D eigenvalue weighted by molar-refractivity contribution is 6.00. The Labute approximate surface area is 285 Å². The summed E-state index contributed by atoms with van der Waals surface area (Å²) in [5.41, 5.74) is 2.04. The van der Waals surface area contributed by atoms with Crippen molar-refractivity contribution >= 4 is 47.7 Å². The van der Waals surface area contributed by atoms with Crippen LogP contribution in [0.5, 0.6) is 0 Å². The van der Waals surface area contributed by atoms with Crippen LogP contribution in [0.3, 0.4) is 0 Å². The number of carboxylic acid groups (broad SMARTS) is 2. The molecule has 0 aromatic heterocycles. The van der Waals surface area contributed by atoms with E-state index in [2.05, 4.69) is 10.6 Å². The van der Waals surface area contributed by atoms with Gasteiger partial charge < -0.3 is 30.3 Å². The van der Waals surface area contributed by atoms with Gasteiger partial charge in [0.25, 0.3) is 11.4 Å². The number of halogens is 1. The summed E-state index contributed by atoms with van der Waals surface area (Å²) in [5.74, 6) is -5.74. The lowest BCUT2D eigenvalue weighted by Gasteiger charge is -2.29. The van der Waals surface area contributed by atoms with Crippen LogP contribution in [-0.4, -0.2) is 58.2 Å². The third-order valence-electron chi connectivity index (χ3n) is 7.62. The first-order valence-corrected chi connectivity index (χ1v) is 14.0. The minimum absolute atomic E-state index is 0. The van der Waals surface area contributed by atoms with Crippen molar-refractivity contribution in [2.24, 2.45) is 0 Å². The normalized spacial score (nSPS) is 17.0. The summed E-state index contributed by atoms with van der Waals surface area (Å²) in [5, 5.41) is 46.9. The van der Waals surface area contributed by atoms with E-state index in [9.17, 15) is 49.6 Å². The molecule has 0 fully saturated rings. The predicted molar refractivity (Wildman–Crippen MR) is 175 cm³/mol. The number of aliphatic carboxylic acids is 2. The number of carbonyl (C=O) groups excluding carboxylic acids is 2. The molecule has 49 heavy (non-hydrogen) atoms. The number of nitrogens with one attached hydrogen (secondary N) is 2. The molecule has 2 aromatic carbocycles. The van der Waals surface area contributed by atoms with E-state index in [-0.39, 0.29) is 46.1 Å². The van der Waals surface area contributed by atoms with Gasteiger partial charge in [0, 0.05) is 47.1 Å². The van der Waals surface area contributed by atoms with Crippen LogP contribution in [0.2, 0.25) is 0 Å². The third-order valence-corrected chi connectivity index (χ3v) is 7.62. The van der Waals surface area contributed by atoms with Crippen LogP contribution in [0, 0.1) is 20.2 Å². The van der Waals surface area contributed by atoms with Crippen molar-refractivity contribution in [3.8, 4) is 0 Å². The summed E-state index contributed by atoms with van der Waals surface area (Å²) in [7, 11) is 2.39. The maximum atomic E-state index is 12.2. The van der Waals surface area contributed by atoms with Gasteiger partial charge in [-0.2, -0.15) is 0 Å². The van der Waals surface area contributed by atoms with Crippen LogP contribution < -0.4 is 10.6 Å². The Bertz CT molecular complexity index is 1730. The fourth-order valence-electron chi connectivity index (χ4n) is 5.62. The molecule has 2 aromatic rings. The molecule has 4 N–H and O–H groups in total. The molecule has 0 saturated heterocycles. The van der Waals surface area contributed by atoms with Crippen molar-refractivity contribution in [2.75, 3.05) is 14.2 Å². The lowest BCUT2D eigenvalue weighted by atomic mass is 9.80. The number of esters is 2. The Hall–Kier alpha value is -6.03. The number of non-ortho nitro benzene ring substituents is 2. The maximum Gasteiger partial charge on any atom is 0.336 e. The van der Waals surface area contributed by atoms with Gasteiger partial charge in [-0.15, -0.1) is 12.4 Å². The van der Waals surface area contributed by atoms with E-state index >= 15 is 0 Å². The van der Waals surface area contributed by atoms with Gasteiger partial charge in [0.05, 0.1) is 58.2 Å². The van der Waals surface area contributed by atoms with Crippen molar-refractivity contribution in [3.05, 3.63) is 125 Å². The second kappa shape index (κ2) is 16.2. The number of methoxy groups -OCH3 is 2. The number of dihydropyridines is 2. The summed E-state index contributed by atoms with van der Waals surface area (Å²) >= 11 is 0.